The Morgan fingerprint density at radius 2 is 0.953 bits per heavy atom. The van der Waals surface area contributed by atoms with E-state index in [9.17, 15) is 20.1 Å². The highest BCUT2D eigenvalue weighted by Crippen LogP contribution is 2.15. The molecule has 5 nitrogen and oxygen atoms in total. The van der Waals surface area contributed by atoms with Crippen molar-refractivity contribution in [1.29, 1.82) is 0 Å². The normalized spacial score (nSPS) is 13.1. The van der Waals surface area contributed by atoms with Crippen LogP contribution >= 0.6 is 0 Å². The van der Waals surface area contributed by atoms with E-state index in [1.165, 1.54) is 133 Å². The molecular formula is C38H75NO4. The summed E-state index contributed by atoms with van der Waals surface area (Å²) in [6.45, 7) is 4.72. The van der Waals surface area contributed by atoms with Crippen molar-refractivity contribution in [1.82, 2.24) is 4.90 Å². The number of carbonyl (C=O) groups excluding carboxylic acids is 1. The zero-order valence-electron chi connectivity index (χ0n) is 28.9. The van der Waals surface area contributed by atoms with Crippen molar-refractivity contribution in [2.75, 3.05) is 19.7 Å². The SMILES string of the molecule is CCCCCCCC/C=C\CCCCCCCC(=O)N(CCO)CC(O)C(O)CCCCCCCCCCCCCCC. The van der Waals surface area contributed by atoms with E-state index >= 15 is 0 Å². The van der Waals surface area contributed by atoms with Crippen LogP contribution in [0.5, 0.6) is 0 Å². The van der Waals surface area contributed by atoms with Gasteiger partial charge in [-0.1, -0.05) is 161 Å². The summed E-state index contributed by atoms with van der Waals surface area (Å²) in [6, 6.07) is 0. The molecule has 0 aliphatic heterocycles. The van der Waals surface area contributed by atoms with Gasteiger partial charge in [-0.05, 0) is 38.5 Å². The van der Waals surface area contributed by atoms with Gasteiger partial charge < -0.3 is 20.2 Å². The lowest BCUT2D eigenvalue weighted by molar-refractivity contribution is -0.134. The molecule has 0 spiro atoms. The highest BCUT2D eigenvalue weighted by Gasteiger charge is 2.22. The van der Waals surface area contributed by atoms with Crippen LogP contribution in [0.4, 0.5) is 0 Å². The smallest absolute Gasteiger partial charge is 0.222 e. The lowest BCUT2D eigenvalue weighted by atomic mass is 10.0. The maximum Gasteiger partial charge on any atom is 0.222 e. The van der Waals surface area contributed by atoms with E-state index in [1.54, 1.807) is 0 Å². The molecule has 0 saturated carbocycles. The Kier molecular flexibility index (Phi) is 33.3. The van der Waals surface area contributed by atoms with E-state index in [0.717, 1.165) is 38.5 Å². The first-order valence-electron chi connectivity index (χ1n) is 19.0. The van der Waals surface area contributed by atoms with Crippen molar-refractivity contribution in [2.45, 2.75) is 206 Å². The molecule has 3 N–H and O–H groups in total. The van der Waals surface area contributed by atoms with Gasteiger partial charge in [0, 0.05) is 19.5 Å². The van der Waals surface area contributed by atoms with Crippen molar-refractivity contribution in [3.8, 4) is 0 Å². The molecule has 1 amide bonds. The van der Waals surface area contributed by atoms with Crippen LogP contribution in [0.25, 0.3) is 0 Å². The number of aliphatic hydroxyl groups is 3. The molecule has 0 fully saturated rings. The van der Waals surface area contributed by atoms with Crippen molar-refractivity contribution in [3.05, 3.63) is 12.2 Å². The van der Waals surface area contributed by atoms with Gasteiger partial charge in [0.25, 0.3) is 0 Å². The number of carbonyl (C=O) groups is 1. The molecule has 0 aliphatic carbocycles. The lowest BCUT2D eigenvalue weighted by Gasteiger charge is -2.27. The first kappa shape index (κ1) is 42.1. The molecular weight excluding hydrogens is 534 g/mol. The second-order valence-electron chi connectivity index (χ2n) is 13.1. The molecule has 0 radical (unpaired) electrons. The Morgan fingerprint density at radius 3 is 1.40 bits per heavy atom. The monoisotopic (exact) mass is 610 g/mol. The molecule has 0 saturated heterocycles. The van der Waals surface area contributed by atoms with Gasteiger partial charge in [0.05, 0.1) is 18.8 Å². The van der Waals surface area contributed by atoms with Crippen LogP contribution in [0, 0.1) is 0 Å². The van der Waals surface area contributed by atoms with Gasteiger partial charge in [-0.2, -0.15) is 0 Å². The van der Waals surface area contributed by atoms with Crippen LogP contribution in [-0.4, -0.2) is 58.0 Å². The summed E-state index contributed by atoms with van der Waals surface area (Å²) >= 11 is 0. The van der Waals surface area contributed by atoms with E-state index in [0.29, 0.717) is 12.8 Å². The molecule has 5 heteroatoms. The summed E-state index contributed by atoms with van der Waals surface area (Å²) in [4.78, 5) is 14.3. The van der Waals surface area contributed by atoms with Crippen molar-refractivity contribution < 1.29 is 20.1 Å². The first-order chi connectivity index (χ1) is 21.1. The number of amides is 1. The molecule has 0 rings (SSSR count). The molecule has 256 valence electrons. The van der Waals surface area contributed by atoms with Gasteiger partial charge in [-0.25, -0.2) is 0 Å². The number of hydrogen-bond acceptors (Lipinski definition) is 4. The molecule has 0 bridgehead atoms. The predicted octanol–water partition coefficient (Wildman–Crippen LogP) is 10.0. The van der Waals surface area contributed by atoms with E-state index in [2.05, 4.69) is 26.0 Å². The van der Waals surface area contributed by atoms with Gasteiger partial charge in [0.1, 0.15) is 0 Å². The van der Waals surface area contributed by atoms with Gasteiger partial charge in [0.2, 0.25) is 5.91 Å². The zero-order chi connectivity index (χ0) is 31.6. The molecule has 43 heavy (non-hydrogen) atoms. The number of nitrogens with zero attached hydrogens (tertiary/aromatic N) is 1. The van der Waals surface area contributed by atoms with Crippen LogP contribution in [0.2, 0.25) is 0 Å². The predicted molar refractivity (Wildman–Crippen MR) is 185 cm³/mol. The molecule has 0 aromatic rings. The number of hydrogen-bond donors (Lipinski definition) is 3. The van der Waals surface area contributed by atoms with Crippen molar-refractivity contribution in [3.63, 3.8) is 0 Å². The molecule has 0 aromatic carbocycles. The summed E-state index contributed by atoms with van der Waals surface area (Å²) in [5, 5.41) is 30.4. The molecule has 0 aromatic heterocycles. The molecule has 0 aliphatic rings. The Bertz CT molecular complexity index is 596. The fraction of sp³-hybridized carbons (Fsp3) is 0.921. The standard InChI is InChI=1S/C38H75NO4/c1-3-5-7-9-11-13-15-17-18-20-22-24-26-28-30-32-38(43)39(33-34-40)35-37(42)36(41)31-29-27-25-23-21-19-16-14-12-10-8-6-4-2/h17-18,36-37,40-42H,3-16,19-35H2,1-2H3/b18-17-. The molecule has 0 heterocycles. The van der Waals surface area contributed by atoms with Crippen LogP contribution in [-0.2, 0) is 4.79 Å². The number of aliphatic hydroxyl groups excluding tert-OH is 3. The van der Waals surface area contributed by atoms with E-state index in [-0.39, 0.29) is 25.6 Å². The fourth-order valence-corrected chi connectivity index (χ4v) is 5.85. The highest BCUT2D eigenvalue weighted by atomic mass is 16.3. The summed E-state index contributed by atoms with van der Waals surface area (Å²) in [7, 11) is 0. The first-order valence-corrected chi connectivity index (χ1v) is 19.0. The molecule has 2 atom stereocenters. The van der Waals surface area contributed by atoms with Crippen LogP contribution in [0.1, 0.15) is 194 Å². The largest absolute Gasteiger partial charge is 0.395 e. The third-order valence-electron chi connectivity index (χ3n) is 8.83. The minimum atomic E-state index is -0.957. The van der Waals surface area contributed by atoms with E-state index in [4.69, 9.17) is 0 Å². The average molecular weight is 610 g/mol. The Hall–Kier alpha value is -0.910. The van der Waals surface area contributed by atoms with Gasteiger partial charge in [-0.3, -0.25) is 4.79 Å². The topological polar surface area (TPSA) is 81.0 Å². The maximum absolute atomic E-state index is 12.7. The quantitative estimate of drug-likeness (QED) is 0.0501. The van der Waals surface area contributed by atoms with Gasteiger partial charge in [0.15, 0.2) is 0 Å². The summed E-state index contributed by atoms with van der Waals surface area (Å²) in [5.41, 5.74) is 0. The lowest BCUT2D eigenvalue weighted by Crippen LogP contribution is -2.43. The van der Waals surface area contributed by atoms with E-state index < -0.39 is 12.2 Å². The summed E-state index contributed by atoms with van der Waals surface area (Å²) < 4.78 is 0. The summed E-state index contributed by atoms with van der Waals surface area (Å²) in [6.07, 6.45) is 36.5. The van der Waals surface area contributed by atoms with Crippen LogP contribution < -0.4 is 0 Å². The number of rotatable bonds is 34. The van der Waals surface area contributed by atoms with Crippen LogP contribution in [0.3, 0.4) is 0 Å². The van der Waals surface area contributed by atoms with Gasteiger partial charge in [-0.15, -0.1) is 0 Å². The number of unbranched alkanes of at least 4 members (excludes halogenated alkanes) is 23. The van der Waals surface area contributed by atoms with Gasteiger partial charge >= 0.3 is 0 Å². The summed E-state index contributed by atoms with van der Waals surface area (Å²) in [5.74, 6) is -0.0288. The minimum absolute atomic E-state index is 0.0288. The number of allylic oxidation sites excluding steroid dienone is 2. The fourth-order valence-electron chi connectivity index (χ4n) is 5.85. The Labute approximate surface area is 268 Å². The van der Waals surface area contributed by atoms with Crippen molar-refractivity contribution >= 4 is 5.91 Å². The maximum atomic E-state index is 12.7. The third kappa shape index (κ3) is 29.6. The second-order valence-corrected chi connectivity index (χ2v) is 13.1. The second kappa shape index (κ2) is 34.0. The highest BCUT2D eigenvalue weighted by molar-refractivity contribution is 5.76. The minimum Gasteiger partial charge on any atom is -0.395 e. The Balaban J connectivity index is 3.81. The van der Waals surface area contributed by atoms with Crippen molar-refractivity contribution in [2.24, 2.45) is 0 Å². The van der Waals surface area contributed by atoms with Crippen LogP contribution in [0.15, 0.2) is 12.2 Å². The Morgan fingerprint density at radius 1 is 0.558 bits per heavy atom. The third-order valence-corrected chi connectivity index (χ3v) is 8.83. The molecule has 2 unspecified atom stereocenters. The average Bonchev–Trinajstić information content (AvgIpc) is 3.00. The zero-order valence-corrected chi connectivity index (χ0v) is 28.9. The van der Waals surface area contributed by atoms with E-state index in [1.807, 2.05) is 0 Å².